The number of anilines is 1. The van der Waals surface area contributed by atoms with E-state index in [9.17, 15) is 8.42 Å². The highest BCUT2D eigenvalue weighted by Crippen LogP contribution is 2.30. The Balaban J connectivity index is 2.10. The zero-order valence-corrected chi connectivity index (χ0v) is 16.2. The Morgan fingerprint density at radius 1 is 1.00 bits per heavy atom. The maximum absolute atomic E-state index is 13.3. The quantitative estimate of drug-likeness (QED) is 0.571. The van der Waals surface area contributed by atoms with E-state index in [-0.39, 0.29) is 11.4 Å². The number of sulfonamides is 1. The van der Waals surface area contributed by atoms with E-state index in [1.807, 2.05) is 6.07 Å². The molecule has 0 amide bonds. The minimum absolute atomic E-state index is 0.166. The third-order valence-corrected chi connectivity index (χ3v) is 6.61. The molecule has 0 saturated heterocycles. The summed E-state index contributed by atoms with van der Waals surface area (Å²) in [4.78, 5) is 4.27. The molecule has 0 fully saturated rings. The molecule has 0 bridgehead atoms. The minimum Gasteiger partial charge on any atom is -0.264 e. The highest BCUT2D eigenvalue weighted by atomic mass is 79.9. The summed E-state index contributed by atoms with van der Waals surface area (Å²) in [6.45, 7) is 0.166. The van der Waals surface area contributed by atoms with E-state index in [0.29, 0.717) is 15.2 Å². The molecule has 1 heterocycles. The molecule has 2 aromatic carbocycles. The molecule has 25 heavy (non-hydrogen) atoms. The van der Waals surface area contributed by atoms with Gasteiger partial charge in [0.05, 0.1) is 12.2 Å². The van der Waals surface area contributed by atoms with Crippen LogP contribution in [0.3, 0.4) is 0 Å². The predicted octanol–water partition coefficient (Wildman–Crippen LogP) is 4.89. The van der Waals surface area contributed by atoms with E-state index in [0.717, 1.165) is 5.56 Å². The van der Waals surface area contributed by atoms with Crippen molar-refractivity contribution in [2.45, 2.75) is 11.4 Å². The van der Waals surface area contributed by atoms with Crippen molar-refractivity contribution in [3.8, 4) is 0 Å². The van der Waals surface area contributed by atoms with Gasteiger partial charge in [-0.3, -0.25) is 9.29 Å². The van der Waals surface area contributed by atoms with Crippen LogP contribution in [0.4, 0.5) is 5.69 Å². The van der Waals surface area contributed by atoms with Crippen molar-refractivity contribution in [3.05, 3.63) is 88.1 Å². The molecule has 128 valence electrons. The number of aromatic nitrogens is 1. The molecule has 0 aliphatic rings. The van der Waals surface area contributed by atoms with Crippen molar-refractivity contribution < 1.29 is 8.42 Å². The van der Waals surface area contributed by atoms with Crippen LogP contribution in [-0.2, 0) is 16.6 Å². The summed E-state index contributed by atoms with van der Waals surface area (Å²) in [6.07, 6.45) is 3.30. The maximum atomic E-state index is 13.3. The summed E-state index contributed by atoms with van der Waals surface area (Å²) in [7, 11) is -3.78. The fourth-order valence-corrected chi connectivity index (χ4v) is 4.90. The van der Waals surface area contributed by atoms with Crippen LogP contribution in [0.15, 0.2) is 82.4 Å². The Bertz CT molecular complexity index is 964. The van der Waals surface area contributed by atoms with Crippen LogP contribution in [-0.4, -0.2) is 13.4 Å². The van der Waals surface area contributed by atoms with E-state index in [2.05, 4.69) is 20.9 Å². The fraction of sp³-hybridized carbons (Fsp3) is 0.0556. The highest BCUT2D eigenvalue weighted by molar-refractivity contribution is 9.10. The van der Waals surface area contributed by atoms with Gasteiger partial charge < -0.3 is 0 Å². The van der Waals surface area contributed by atoms with Gasteiger partial charge in [0.1, 0.15) is 4.90 Å². The van der Waals surface area contributed by atoms with Gasteiger partial charge in [0.2, 0.25) is 0 Å². The number of nitrogens with zero attached hydrogens (tertiary/aromatic N) is 2. The van der Waals surface area contributed by atoms with Gasteiger partial charge >= 0.3 is 0 Å². The molecule has 0 atom stereocenters. The van der Waals surface area contributed by atoms with Crippen molar-refractivity contribution >= 4 is 43.2 Å². The van der Waals surface area contributed by atoms with Crippen molar-refractivity contribution in [3.63, 3.8) is 0 Å². The number of pyridine rings is 1. The van der Waals surface area contributed by atoms with E-state index in [1.54, 1.807) is 67.0 Å². The zero-order chi connectivity index (χ0) is 17.9. The lowest BCUT2D eigenvalue weighted by Gasteiger charge is -2.25. The van der Waals surface area contributed by atoms with Gasteiger partial charge in [-0.05, 0) is 64.0 Å². The first-order valence-electron chi connectivity index (χ1n) is 7.40. The SMILES string of the molecule is O=S(=O)(c1ccccc1Br)N(Cc1cccnc1)c1ccc(Cl)cc1. The monoisotopic (exact) mass is 436 g/mol. The van der Waals surface area contributed by atoms with Crippen molar-refractivity contribution in [2.24, 2.45) is 0 Å². The lowest BCUT2D eigenvalue weighted by Crippen LogP contribution is -2.30. The van der Waals surface area contributed by atoms with Crippen LogP contribution in [0.2, 0.25) is 5.02 Å². The second kappa shape index (κ2) is 7.56. The molecule has 3 aromatic rings. The highest BCUT2D eigenvalue weighted by Gasteiger charge is 2.27. The summed E-state index contributed by atoms with van der Waals surface area (Å²) in [6, 6.07) is 17.1. The molecule has 4 nitrogen and oxygen atoms in total. The average Bonchev–Trinajstić information content (AvgIpc) is 2.61. The molecule has 0 N–H and O–H groups in total. The second-order valence-electron chi connectivity index (χ2n) is 5.28. The van der Waals surface area contributed by atoms with Crippen LogP contribution in [0.5, 0.6) is 0 Å². The van der Waals surface area contributed by atoms with Crippen molar-refractivity contribution in [1.82, 2.24) is 4.98 Å². The lowest BCUT2D eigenvalue weighted by molar-refractivity contribution is 0.590. The molecule has 3 rings (SSSR count). The third kappa shape index (κ3) is 4.03. The number of hydrogen-bond donors (Lipinski definition) is 0. The van der Waals surface area contributed by atoms with E-state index in [4.69, 9.17) is 11.6 Å². The first kappa shape index (κ1) is 17.9. The van der Waals surface area contributed by atoms with Gasteiger partial charge in [0.25, 0.3) is 10.0 Å². The predicted molar refractivity (Wildman–Crippen MR) is 103 cm³/mol. The van der Waals surface area contributed by atoms with Crippen LogP contribution in [0, 0.1) is 0 Å². The Morgan fingerprint density at radius 3 is 2.36 bits per heavy atom. The first-order chi connectivity index (χ1) is 12.0. The molecule has 7 heteroatoms. The van der Waals surface area contributed by atoms with Gasteiger partial charge in [0, 0.05) is 21.9 Å². The van der Waals surface area contributed by atoms with E-state index in [1.165, 1.54) is 4.31 Å². The molecule has 0 unspecified atom stereocenters. The molecule has 0 radical (unpaired) electrons. The lowest BCUT2D eigenvalue weighted by atomic mass is 10.2. The van der Waals surface area contributed by atoms with Gasteiger partial charge in [-0.2, -0.15) is 0 Å². The van der Waals surface area contributed by atoms with Gasteiger partial charge in [-0.1, -0.05) is 29.8 Å². The Hall–Kier alpha value is -1.89. The third-order valence-electron chi connectivity index (χ3n) is 3.57. The normalized spacial score (nSPS) is 11.3. The van der Waals surface area contributed by atoms with E-state index >= 15 is 0 Å². The largest absolute Gasteiger partial charge is 0.265 e. The Labute approximate surface area is 160 Å². The summed E-state index contributed by atoms with van der Waals surface area (Å²) < 4.78 is 28.4. The standard InChI is InChI=1S/C18H14BrClN2O2S/c19-17-5-1-2-6-18(17)25(23,24)22(13-14-4-3-11-21-12-14)16-9-7-15(20)8-10-16/h1-12H,13H2. The summed E-state index contributed by atoms with van der Waals surface area (Å²) in [5.74, 6) is 0. The fourth-order valence-electron chi connectivity index (χ4n) is 2.35. The average molecular weight is 438 g/mol. The molecular weight excluding hydrogens is 424 g/mol. The topological polar surface area (TPSA) is 50.3 Å². The summed E-state index contributed by atoms with van der Waals surface area (Å²) in [5.41, 5.74) is 1.32. The molecule has 0 aliphatic heterocycles. The number of hydrogen-bond acceptors (Lipinski definition) is 3. The Morgan fingerprint density at radius 2 is 1.72 bits per heavy atom. The van der Waals surface area contributed by atoms with Gasteiger partial charge in [-0.25, -0.2) is 8.42 Å². The number of halogens is 2. The Kier molecular flexibility index (Phi) is 5.42. The second-order valence-corrected chi connectivity index (χ2v) is 8.40. The van der Waals surface area contributed by atoms with Crippen LogP contribution in [0.25, 0.3) is 0 Å². The van der Waals surface area contributed by atoms with Gasteiger partial charge in [0.15, 0.2) is 0 Å². The molecule has 0 spiro atoms. The zero-order valence-electron chi connectivity index (χ0n) is 13.0. The maximum Gasteiger partial charge on any atom is 0.265 e. The molecule has 0 saturated carbocycles. The minimum atomic E-state index is -3.78. The summed E-state index contributed by atoms with van der Waals surface area (Å²) in [5, 5.41) is 0.545. The van der Waals surface area contributed by atoms with E-state index < -0.39 is 10.0 Å². The van der Waals surface area contributed by atoms with Gasteiger partial charge in [-0.15, -0.1) is 0 Å². The molecule has 1 aromatic heterocycles. The molecule has 0 aliphatic carbocycles. The smallest absolute Gasteiger partial charge is 0.264 e. The van der Waals surface area contributed by atoms with Crippen molar-refractivity contribution in [1.29, 1.82) is 0 Å². The number of rotatable bonds is 5. The van der Waals surface area contributed by atoms with Crippen LogP contribution >= 0.6 is 27.5 Å². The molecular formula is C18H14BrClN2O2S. The van der Waals surface area contributed by atoms with Crippen LogP contribution < -0.4 is 4.31 Å². The van der Waals surface area contributed by atoms with Crippen molar-refractivity contribution in [2.75, 3.05) is 4.31 Å². The first-order valence-corrected chi connectivity index (χ1v) is 10.0. The van der Waals surface area contributed by atoms with Crippen LogP contribution in [0.1, 0.15) is 5.56 Å². The summed E-state index contributed by atoms with van der Waals surface area (Å²) >= 11 is 9.28. The number of benzene rings is 2.